The SMILES string of the molecule is CN(C)S(=O)(=O)c1ccc(NCCC2CCCO2)cc1. The largest absolute Gasteiger partial charge is 0.385 e. The lowest BCUT2D eigenvalue weighted by molar-refractivity contribution is 0.107. The number of sulfonamides is 1. The Hall–Kier alpha value is -1.11. The number of hydrogen-bond acceptors (Lipinski definition) is 4. The van der Waals surface area contributed by atoms with Gasteiger partial charge in [-0.3, -0.25) is 0 Å². The molecule has 1 aromatic rings. The van der Waals surface area contributed by atoms with E-state index in [1.165, 1.54) is 18.4 Å². The molecule has 0 spiro atoms. The van der Waals surface area contributed by atoms with Crippen molar-refractivity contribution in [2.45, 2.75) is 30.3 Å². The van der Waals surface area contributed by atoms with E-state index < -0.39 is 10.0 Å². The zero-order valence-corrected chi connectivity index (χ0v) is 12.8. The second kappa shape index (κ2) is 6.56. The predicted octanol–water partition coefficient (Wildman–Crippen LogP) is 1.92. The monoisotopic (exact) mass is 298 g/mol. The number of ether oxygens (including phenoxy) is 1. The third-order valence-electron chi connectivity index (χ3n) is 3.45. The van der Waals surface area contributed by atoms with E-state index in [9.17, 15) is 8.42 Å². The van der Waals surface area contributed by atoms with Crippen molar-refractivity contribution in [3.05, 3.63) is 24.3 Å². The Morgan fingerprint density at radius 2 is 2.00 bits per heavy atom. The maximum absolute atomic E-state index is 11.9. The molecule has 1 aromatic carbocycles. The molecule has 1 fully saturated rings. The van der Waals surface area contributed by atoms with Crippen molar-refractivity contribution in [1.82, 2.24) is 4.31 Å². The Balaban J connectivity index is 1.88. The minimum absolute atomic E-state index is 0.312. The van der Waals surface area contributed by atoms with Gasteiger partial charge < -0.3 is 10.1 Å². The summed E-state index contributed by atoms with van der Waals surface area (Å²) in [6, 6.07) is 6.85. The standard InChI is InChI=1S/C14H22N2O3S/c1-16(2)20(17,18)14-7-5-12(6-8-14)15-10-9-13-4-3-11-19-13/h5-8,13,15H,3-4,9-11H2,1-2H3. The fourth-order valence-electron chi connectivity index (χ4n) is 2.21. The third kappa shape index (κ3) is 3.71. The van der Waals surface area contributed by atoms with Gasteiger partial charge in [0.05, 0.1) is 11.0 Å². The number of hydrogen-bond donors (Lipinski definition) is 1. The van der Waals surface area contributed by atoms with Crippen LogP contribution >= 0.6 is 0 Å². The highest BCUT2D eigenvalue weighted by atomic mass is 32.2. The second-order valence-electron chi connectivity index (χ2n) is 5.16. The van der Waals surface area contributed by atoms with Gasteiger partial charge in [-0.05, 0) is 43.5 Å². The summed E-state index contributed by atoms with van der Waals surface area (Å²) in [5.41, 5.74) is 0.931. The van der Waals surface area contributed by atoms with E-state index >= 15 is 0 Å². The Morgan fingerprint density at radius 1 is 1.30 bits per heavy atom. The van der Waals surface area contributed by atoms with Crippen molar-refractivity contribution in [3.63, 3.8) is 0 Å². The lowest BCUT2D eigenvalue weighted by Crippen LogP contribution is -2.22. The van der Waals surface area contributed by atoms with Crippen LogP contribution in [0.2, 0.25) is 0 Å². The van der Waals surface area contributed by atoms with Crippen LogP contribution < -0.4 is 5.32 Å². The van der Waals surface area contributed by atoms with Crippen LogP contribution in [0, 0.1) is 0 Å². The third-order valence-corrected chi connectivity index (χ3v) is 5.28. The first kappa shape index (κ1) is 15.3. The van der Waals surface area contributed by atoms with Crippen LogP contribution in [0.4, 0.5) is 5.69 Å². The van der Waals surface area contributed by atoms with Crippen molar-refractivity contribution < 1.29 is 13.2 Å². The van der Waals surface area contributed by atoms with Gasteiger partial charge in [-0.1, -0.05) is 0 Å². The van der Waals surface area contributed by atoms with E-state index in [0.717, 1.165) is 38.1 Å². The molecule has 2 rings (SSSR count). The molecule has 0 aliphatic carbocycles. The van der Waals surface area contributed by atoms with Crippen LogP contribution in [0.15, 0.2) is 29.2 Å². The van der Waals surface area contributed by atoms with Crippen molar-refractivity contribution >= 4 is 15.7 Å². The van der Waals surface area contributed by atoms with Crippen LogP contribution in [-0.4, -0.2) is 46.1 Å². The topological polar surface area (TPSA) is 58.6 Å². The quantitative estimate of drug-likeness (QED) is 0.871. The highest BCUT2D eigenvalue weighted by Crippen LogP contribution is 2.18. The van der Waals surface area contributed by atoms with E-state index in [1.54, 1.807) is 24.3 Å². The van der Waals surface area contributed by atoms with Crippen LogP contribution in [0.3, 0.4) is 0 Å². The predicted molar refractivity (Wildman–Crippen MR) is 79.4 cm³/mol. The Kier molecular flexibility index (Phi) is 5.01. The molecule has 1 heterocycles. The summed E-state index contributed by atoms with van der Waals surface area (Å²) >= 11 is 0. The van der Waals surface area contributed by atoms with Crippen molar-refractivity contribution in [2.75, 3.05) is 32.6 Å². The summed E-state index contributed by atoms with van der Waals surface area (Å²) < 4.78 is 30.6. The summed E-state index contributed by atoms with van der Waals surface area (Å²) in [5, 5.41) is 3.29. The molecule has 1 unspecified atom stereocenters. The summed E-state index contributed by atoms with van der Waals surface area (Å²) in [7, 11) is -0.280. The molecule has 1 aliphatic heterocycles. The van der Waals surface area contributed by atoms with Gasteiger partial charge in [0.1, 0.15) is 0 Å². The summed E-state index contributed by atoms with van der Waals surface area (Å²) in [5.74, 6) is 0. The molecule has 1 atom stereocenters. The number of benzene rings is 1. The number of anilines is 1. The molecule has 20 heavy (non-hydrogen) atoms. The molecular formula is C14H22N2O3S. The molecule has 5 nitrogen and oxygen atoms in total. The van der Waals surface area contributed by atoms with E-state index in [2.05, 4.69) is 5.32 Å². The average molecular weight is 298 g/mol. The summed E-state index contributed by atoms with van der Waals surface area (Å²) in [6.07, 6.45) is 3.65. The lowest BCUT2D eigenvalue weighted by Gasteiger charge is -2.13. The van der Waals surface area contributed by atoms with Crippen LogP contribution in [0.5, 0.6) is 0 Å². The van der Waals surface area contributed by atoms with Crippen molar-refractivity contribution in [1.29, 1.82) is 0 Å². The first-order valence-corrected chi connectivity index (χ1v) is 8.32. The minimum Gasteiger partial charge on any atom is -0.385 e. The van der Waals surface area contributed by atoms with E-state index in [4.69, 9.17) is 4.74 Å². The van der Waals surface area contributed by atoms with Gasteiger partial charge in [0.2, 0.25) is 10.0 Å². The van der Waals surface area contributed by atoms with E-state index in [0.29, 0.717) is 11.0 Å². The highest BCUT2D eigenvalue weighted by Gasteiger charge is 2.17. The fourth-order valence-corrected chi connectivity index (χ4v) is 3.11. The Morgan fingerprint density at radius 3 is 2.55 bits per heavy atom. The maximum atomic E-state index is 11.9. The second-order valence-corrected chi connectivity index (χ2v) is 7.31. The molecule has 112 valence electrons. The van der Waals surface area contributed by atoms with Gasteiger partial charge in [0, 0.05) is 32.9 Å². The lowest BCUT2D eigenvalue weighted by atomic mass is 10.2. The first-order valence-electron chi connectivity index (χ1n) is 6.88. The average Bonchev–Trinajstić information content (AvgIpc) is 2.92. The summed E-state index contributed by atoms with van der Waals surface area (Å²) in [4.78, 5) is 0.312. The van der Waals surface area contributed by atoms with Gasteiger partial charge in [-0.2, -0.15) is 0 Å². The molecule has 1 aliphatic rings. The molecule has 1 N–H and O–H groups in total. The van der Waals surface area contributed by atoms with Gasteiger partial charge in [0.15, 0.2) is 0 Å². The van der Waals surface area contributed by atoms with Gasteiger partial charge in [0.25, 0.3) is 0 Å². The summed E-state index contributed by atoms with van der Waals surface area (Å²) in [6.45, 7) is 1.71. The molecule has 6 heteroatoms. The van der Waals surface area contributed by atoms with Crippen molar-refractivity contribution in [2.24, 2.45) is 0 Å². The Labute approximate surface area is 121 Å². The molecule has 0 radical (unpaired) electrons. The van der Waals surface area contributed by atoms with Crippen LogP contribution in [-0.2, 0) is 14.8 Å². The first-order chi connectivity index (χ1) is 9.50. The minimum atomic E-state index is -3.34. The molecule has 0 amide bonds. The molecule has 0 saturated carbocycles. The maximum Gasteiger partial charge on any atom is 0.242 e. The van der Waals surface area contributed by atoms with Crippen molar-refractivity contribution in [3.8, 4) is 0 Å². The van der Waals surface area contributed by atoms with Gasteiger partial charge in [-0.25, -0.2) is 12.7 Å². The molecule has 0 aromatic heterocycles. The van der Waals surface area contributed by atoms with Crippen LogP contribution in [0.25, 0.3) is 0 Å². The van der Waals surface area contributed by atoms with Gasteiger partial charge in [-0.15, -0.1) is 0 Å². The van der Waals surface area contributed by atoms with E-state index in [-0.39, 0.29) is 0 Å². The molecule has 1 saturated heterocycles. The fraction of sp³-hybridized carbons (Fsp3) is 0.571. The number of nitrogens with one attached hydrogen (secondary N) is 1. The zero-order valence-electron chi connectivity index (χ0n) is 12.0. The van der Waals surface area contributed by atoms with Gasteiger partial charge >= 0.3 is 0 Å². The normalized spacial score (nSPS) is 19.4. The smallest absolute Gasteiger partial charge is 0.242 e. The van der Waals surface area contributed by atoms with E-state index in [1.807, 2.05) is 0 Å². The van der Waals surface area contributed by atoms with Crippen LogP contribution in [0.1, 0.15) is 19.3 Å². The highest BCUT2D eigenvalue weighted by molar-refractivity contribution is 7.89. The molecular weight excluding hydrogens is 276 g/mol. The number of nitrogens with zero attached hydrogens (tertiary/aromatic N) is 1. The number of rotatable bonds is 6. The zero-order chi connectivity index (χ0) is 14.6. The Bertz CT molecular complexity index is 520. The molecule has 0 bridgehead atoms.